The fourth-order valence-electron chi connectivity index (χ4n) is 1.80. The summed E-state index contributed by atoms with van der Waals surface area (Å²) in [5.41, 5.74) is 3.90. The highest BCUT2D eigenvalue weighted by Crippen LogP contribution is 2.23. The van der Waals surface area contributed by atoms with Gasteiger partial charge < -0.3 is 0 Å². The topological polar surface area (TPSA) is 12.9 Å². The summed E-state index contributed by atoms with van der Waals surface area (Å²) in [5.74, 6) is 0. The molecule has 1 nitrogen and oxygen atoms in total. The molecule has 0 radical (unpaired) electrons. The first-order valence-corrected chi connectivity index (χ1v) is 7.14. The van der Waals surface area contributed by atoms with E-state index in [-0.39, 0.29) is 5.41 Å². The summed E-state index contributed by atoms with van der Waals surface area (Å²) in [5, 5.41) is 0. The molecule has 0 fully saturated rings. The van der Waals surface area contributed by atoms with E-state index in [9.17, 15) is 0 Å². The van der Waals surface area contributed by atoms with Crippen molar-refractivity contribution in [3.8, 4) is 0 Å². The maximum atomic E-state index is 4.06. The molecule has 98 valence electrons. The number of rotatable bonds is 2. The minimum atomic E-state index is 0.205. The van der Waals surface area contributed by atoms with Gasteiger partial charge in [-0.1, -0.05) is 57.2 Å². The van der Waals surface area contributed by atoms with Crippen LogP contribution in [-0.4, -0.2) is 4.98 Å². The third kappa shape index (κ3) is 3.77. The molecule has 0 spiro atoms. The molecule has 0 unspecified atom stereocenters. The Kier molecular flexibility index (Phi) is 4.20. The lowest BCUT2D eigenvalue weighted by atomic mass is 9.87. The van der Waals surface area contributed by atoms with E-state index in [2.05, 4.69) is 78.1 Å². The zero-order valence-electron chi connectivity index (χ0n) is 11.5. The summed E-state index contributed by atoms with van der Waals surface area (Å²) >= 11 is 3.49. The second kappa shape index (κ2) is 5.70. The van der Waals surface area contributed by atoms with E-state index in [0.29, 0.717) is 0 Å². The van der Waals surface area contributed by atoms with Gasteiger partial charge in [-0.3, -0.25) is 4.98 Å². The van der Waals surface area contributed by atoms with Crippen molar-refractivity contribution in [3.63, 3.8) is 0 Å². The van der Waals surface area contributed by atoms with Crippen LogP contribution in [0.15, 0.2) is 47.2 Å². The second-order valence-electron chi connectivity index (χ2n) is 5.60. The molecule has 0 aliphatic heterocycles. The Morgan fingerprint density at radius 2 is 1.68 bits per heavy atom. The van der Waals surface area contributed by atoms with Crippen LogP contribution in [0.3, 0.4) is 0 Å². The maximum absolute atomic E-state index is 4.06. The van der Waals surface area contributed by atoms with Gasteiger partial charge in [0.1, 0.15) is 0 Å². The SMILES string of the molecule is CC(C)(C)c1ccc(/C=C/c2ccncc2Br)cc1. The van der Waals surface area contributed by atoms with Gasteiger partial charge in [-0.15, -0.1) is 0 Å². The maximum Gasteiger partial charge on any atom is 0.0431 e. The van der Waals surface area contributed by atoms with Gasteiger partial charge in [-0.25, -0.2) is 0 Å². The minimum Gasteiger partial charge on any atom is -0.264 e. The first-order valence-electron chi connectivity index (χ1n) is 6.35. The first kappa shape index (κ1) is 14.0. The van der Waals surface area contributed by atoms with Crippen molar-refractivity contribution >= 4 is 28.1 Å². The normalized spacial score (nSPS) is 12.0. The van der Waals surface area contributed by atoms with Crippen LogP contribution in [0.5, 0.6) is 0 Å². The van der Waals surface area contributed by atoms with Crippen molar-refractivity contribution in [1.29, 1.82) is 0 Å². The van der Waals surface area contributed by atoms with E-state index < -0.39 is 0 Å². The van der Waals surface area contributed by atoms with Crippen molar-refractivity contribution in [1.82, 2.24) is 4.98 Å². The lowest BCUT2D eigenvalue weighted by molar-refractivity contribution is 0.590. The molecule has 2 aromatic rings. The predicted molar refractivity (Wildman–Crippen MR) is 86.0 cm³/mol. The van der Waals surface area contributed by atoms with E-state index in [1.54, 1.807) is 6.20 Å². The predicted octanol–water partition coefficient (Wildman–Crippen LogP) is 5.31. The third-order valence-electron chi connectivity index (χ3n) is 3.04. The number of hydrogen-bond donors (Lipinski definition) is 0. The molecule has 2 heteroatoms. The number of benzene rings is 1. The number of hydrogen-bond acceptors (Lipinski definition) is 1. The first-order chi connectivity index (χ1) is 8.97. The van der Waals surface area contributed by atoms with Crippen LogP contribution in [-0.2, 0) is 5.41 Å². The Hall–Kier alpha value is -1.41. The Balaban J connectivity index is 2.19. The number of halogens is 1. The number of aromatic nitrogens is 1. The summed E-state index contributed by atoms with van der Waals surface area (Å²) in [6.07, 6.45) is 7.82. The molecular weight excluding hydrogens is 298 g/mol. The zero-order valence-corrected chi connectivity index (χ0v) is 13.1. The smallest absolute Gasteiger partial charge is 0.0431 e. The van der Waals surface area contributed by atoms with Crippen molar-refractivity contribution < 1.29 is 0 Å². The molecule has 0 saturated carbocycles. The zero-order chi connectivity index (χ0) is 13.9. The van der Waals surface area contributed by atoms with Crippen molar-refractivity contribution in [2.45, 2.75) is 26.2 Å². The molecule has 0 aliphatic carbocycles. The molecule has 0 amide bonds. The van der Waals surface area contributed by atoms with Crippen LogP contribution in [0.1, 0.15) is 37.5 Å². The summed E-state index contributed by atoms with van der Waals surface area (Å²) in [6.45, 7) is 6.68. The third-order valence-corrected chi connectivity index (χ3v) is 3.70. The fourth-order valence-corrected chi connectivity index (χ4v) is 2.18. The Morgan fingerprint density at radius 1 is 1.00 bits per heavy atom. The van der Waals surface area contributed by atoms with Gasteiger partial charge in [0.05, 0.1) is 0 Å². The van der Waals surface area contributed by atoms with E-state index in [4.69, 9.17) is 0 Å². The highest BCUT2D eigenvalue weighted by atomic mass is 79.9. The molecule has 2 rings (SSSR count). The van der Waals surface area contributed by atoms with Crippen LogP contribution < -0.4 is 0 Å². The van der Waals surface area contributed by atoms with E-state index >= 15 is 0 Å². The summed E-state index contributed by atoms with van der Waals surface area (Å²) in [4.78, 5) is 4.06. The van der Waals surface area contributed by atoms with Crippen LogP contribution in [0.2, 0.25) is 0 Å². The standard InChI is InChI=1S/C17H18BrN/c1-17(2,3)15-8-5-13(6-9-15)4-7-14-10-11-19-12-16(14)18/h4-12H,1-3H3/b7-4+. The minimum absolute atomic E-state index is 0.205. The van der Waals surface area contributed by atoms with Gasteiger partial charge in [-0.05, 0) is 44.1 Å². The molecule has 0 atom stereocenters. The average Bonchev–Trinajstić information content (AvgIpc) is 2.37. The van der Waals surface area contributed by atoms with Crippen LogP contribution >= 0.6 is 15.9 Å². The van der Waals surface area contributed by atoms with Crippen molar-refractivity contribution in [3.05, 3.63) is 63.9 Å². The van der Waals surface area contributed by atoms with E-state index in [1.807, 2.05) is 12.3 Å². The lowest BCUT2D eigenvalue weighted by Crippen LogP contribution is -2.10. The molecule has 1 aromatic heterocycles. The van der Waals surface area contributed by atoms with Gasteiger partial charge in [-0.2, -0.15) is 0 Å². The van der Waals surface area contributed by atoms with Gasteiger partial charge in [0, 0.05) is 16.9 Å². The quantitative estimate of drug-likeness (QED) is 0.731. The molecule has 19 heavy (non-hydrogen) atoms. The van der Waals surface area contributed by atoms with Crippen molar-refractivity contribution in [2.75, 3.05) is 0 Å². The Morgan fingerprint density at radius 3 is 2.26 bits per heavy atom. The fraction of sp³-hybridized carbons (Fsp3) is 0.235. The highest BCUT2D eigenvalue weighted by molar-refractivity contribution is 9.10. The van der Waals surface area contributed by atoms with Gasteiger partial charge in [0.2, 0.25) is 0 Å². The number of nitrogens with zero attached hydrogens (tertiary/aromatic N) is 1. The molecule has 0 N–H and O–H groups in total. The number of pyridine rings is 1. The van der Waals surface area contributed by atoms with Crippen LogP contribution in [0.25, 0.3) is 12.2 Å². The largest absolute Gasteiger partial charge is 0.264 e. The molecule has 1 heterocycles. The van der Waals surface area contributed by atoms with Gasteiger partial charge in [0.25, 0.3) is 0 Å². The van der Waals surface area contributed by atoms with Crippen LogP contribution in [0, 0.1) is 0 Å². The summed E-state index contributed by atoms with van der Waals surface area (Å²) in [6, 6.07) is 10.7. The van der Waals surface area contributed by atoms with Crippen LogP contribution in [0.4, 0.5) is 0 Å². The lowest BCUT2D eigenvalue weighted by Gasteiger charge is -2.18. The molecule has 1 aromatic carbocycles. The molecule has 0 saturated heterocycles. The highest BCUT2D eigenvalue weighted by Gasteiger charge is 2.12. The molecular formula is C17H18BrN. The summed E-state index contributed by atoms with van der Waals surface area (Å²) in [7, 11) is 0. The van der Waals surface area contributed by atoms with Gasteiger partial charge in [0.15, 0.2) is 0 Å². The Bertz CT molecular complexity index is 577. The van der Waals surface area contributed by atoms with E-state index in [1.165, 1.54) is 11.1 Å². The molecule has 0 bridgehead atoms. The van der Waals surface area contributed by atoms with E-state index in [0.717, 1.165) is 10.0 Å². The monoisotopic (exact) mass is 315 g/mol. The molecule has 0 aliphatic rings. The second-order valence-corrected chi connectivity index (χ2v) is 6.46. The average molecular weight is 316 g/mol. The van der Waals surface area contributed by atoms with Gasteiger partial charge >= 0.3 is 0 Å². The van der Waals surface area contributed by atoms with Crippen molar-refractivity contribution in [2.24, 2.45) is 0 Å². The summed E-state index contributed by atoms with van der Waals surface area (Å²) < 4.78 is 1.01. The Labute approximate surface area is 123 Å².